The molecule has 0 fully saturated rings. The quantitative estimate of drug-likeness (QED) is 0.819. The minimum Gasteiger partial charge on any atom is -0.497 e. The van der Waals surface area contributed by atoms with Gasteiger partial charge in [-0.05, 0) is 50.1 Å². The van der Waals surface area contributed by atoms with Gasteiger partial charge in [-0.25, -0.2) is 4.79 Å². The number of nitrogens with one attached hydrogen (secondary N) is 2. The zero-order valence-electron chi connectivity index (χ0n) is 16.9. The van der Waals surface area contributed by atoms with Crippen molar-refractivity contribution < 1.29 is 19.1 Å². The van der Waals surface area contributed by atoms with E-state index in [1.54, 1.807) is 18.1 Å². The lowest BCUT2D eigenvalue weighted by Crippen LogP contribution is -2.44. The summed E-state index contributed by atoms with van der Waals surface area (Å²) in [7, 11) is 1.61. The molecule has 0 saturated heterocycles. The Bertz CT molecular complexity index is 971. The number of carbonyl (C=O) groups excluding carboxylic acids is 2. The molecule has 2 N–H and O–H groups in total. The van der Waals surface area contributed by atoms with Crippen LogP contribution in [0.2, 0.25) is 0 Å². The molecule has 2 aliphatic rings. The maximum atomic E-state index is 13.0. The number of anilines is 1. The summed E-state index contributed by atoms with van der Waals surface area (Å²) in [5.74, 6) is 1.33. The van der Waals surface area contributed by atoms with E-state index < -0.39 is 5.60 Å². The van der Waals surface area contributed by atoms with Gasteiger partial charge in [0.25, 0.3) is 5.91 Å². The highest BCUT2D eigenvalue weighted by Crippen LogP contribution is 2.33. The minimum absolute atomic E-state index is 0.102. The van der Waals surface area contributed by atoms with Gasteiger partial charge in [0.15, 0.2) is 0 Å². The fraction of sp³-hybridized carbons (Fsp3) is 0.364. The van der Waals surface area contributed by atoms with Gasteiger partial charge in [0.05, 0.1) is 20.2 Å². The first-order valence-corrected chi connectivity index (χ1v) is 9.68. The predicted octanol–water partition coefficient (Wildman–Crippen LogP) is 3.19. The van der Waals surface area contributed by atoms with Crippen LogP contribution in [0.1, 0.15) is 35.3 Å². The second kappa shape index (κ2) is 7.31. The van der Waals surface area contributed by atoms with Gasteiger partial charge in [-0.2, -0.15) is 0 Å². The second-order valence-electron chi connectivity index (χ2n) is 8.00. The molecule has 2 aliphatic heterocycles. The lowest BCUT2D eigenvalue weighted by molar-refractivity contribution is 0.0833. The lowest BCUT2D eigenvalue weighted by Gasteiger charge is -2.29. The summed E-state index contributed by atoms with van der Waals surface area (Å²) in [6.07, 6.45) is 0.799. The Balaban J connectivity index is 1.56. The highest BCUT2D eigenvalue weighted by atomic mass is 16.5. The molecule has 2 aromatic rings. The van der Waals surface area contributed by atoms with Crippen molar-refractivity contribution in [1.29, 1.82) is 0 Å². The molecule has 0 atom stereocenters. The number of rotatable bonds is 2. The van der Waals surface area contributed by atoms with E-state index in [0.717, 1.165) is 23.3 Å². The summed E-state index contributed by atoms with van der Waals surface area (Å²) in [5, 5.41) is 5.76. The Labute approximate surface area is 170 Å². The second-order valence-corrected chi connectivity index (χ2v) is 8.00. The van der Waals surface area contributed by atoms with Gasteiger partial charge in [0, 0.05) is 29.4 Å². The van der Waals surface area contributed by atoms with Crippen LogP contribution in [0.3, 0.4) is 0 Å². The molecule has 152 valence electrons. The number of nitrogens with zero attached hydrogens (tertiary/aromatic N) is 1. The van der Waals surface area contributed by atoms with Crippen LogP contribution < -0.4 is 20.1 Å². The van der Waals surface area contributed by atoms with Gasteiger partial charge in [-0.15, -0.1) is 0 Å². The molecular formula is C22H25N3O4. The van der Waals surface area contributed by atoms with Crippen molar-refractivity contribution >= 4 is 17.6 Å². The van der Waals surface area contributed by atoms with Crippen molar-refractivity contribution in [2.24, 2.45) is 0 Å². The molecule has 7 heteroatoms. The summed E-state index contributed by atoms with van der Waals surface area (Å²) in [6, 6.07) is 10.9. The predicted molar refractivity (Wildman–Crippen MR) is 110 cm³/mol. The molecule has 3 amide bonds. The number of hydrogen-bond acceptors (Lipinski definition) is 4. The molecule has 0 unspecified atom stereocenters. The Kier molecular flexibility index (Phi) is 4.82. The Morgan fingerprint density at radius 2 is 2.00 bits per heavy atom. The van der Waals surface area contributed by atoms with E-state index in [2.05, 4.69) is 10.6 Å². The first kappa shape index (κ1) is 19.1. The summed E-state index contributed by atoms with van der Waals surface area (Å²) in [6.45, 7) is 5.38. The number of urea groups is 1. The molecule has 4 rings (SSSR count). The van der Waals surface area contributed by atoms with Crippen molar-refractivity contribution in [3.05, 3.63) is 53.1 Å². The topological polar surface area (TPSA) is 79.9 Å². The fourth-order valence-electron chi connectivity index (χ4n) is 3.77. The van der Waals surface area contributed by atoms with Crippen LogP contribution in [-0.2, 0) is 13.0 Å². The van der Waals surface area contributed by atoms with E-state index in [1.165, 1.54) is 0 Å². The van der Waals surface area contributed by atoms with E-state index >= 15 is 0 Å². The van der Waals surface area contributed by atoms with Crippen molar-refractivity contribution in [3.8, 4) is 11.5 Å². The third kappa shape index (κ3) is 3.99. The highest BCUT2D eigenvalue weighted by molar-refractivity contribution is 5.99. The Morgan fingerprint density at radius 1 is 1.21 bits per heavy atom. The summed E-state index contributed by atoms with van der Waals surface area (Å²) >= 11 is 0. The van der Waals surface area contributed by atoms with Gasteiger partial charge >= 0.3 is 6.03 Å². The van der Waals surface area contributed by atoms with Crippen molar-refractivity contribution in [2.75, 3.05) is 25.5 Å². The maximum Gasteiger partial charge on any atom is 0.322 e. The molecule has 0 aromatic heterocycles. The van der Waals surface area contributed by atoms with Crippen LogP contribution in [-0.4, -0.2) is 42.6 Å². The molecule has 7 nitrogen and oxygen atoms in total. The van der Waals surface area contributed by atoms with E-state index in [1.807, 2.05) is 44.2 Å². The SMILES string of the molecule is COc1ccc2c(c1)OC(C)(C)CN(C(=O)Nc1ccc3c(c1)C(=O)NCC3)C2. The van der Waals surface area contributed by atoms with Crippen LogP contribution in [0.4, 0.5) is 10.5 Å². The average molecular weight is 395 g/mol. The summed E-state index contributed by atoms with van der Waals surface area (Å²) in [4.78, 5) is 26.8. The first-order chi connectivity index (χ1) is 13.8. The molecule has 2 heterocycles. The van der Waals surface area contributed by atoms with Crippen molar-refractivity contribution in [3.63, 3.8) is 0 Å². The van der Waals surface area contributed by atoms with Crippen LogP contribution in [0.25, 0.3) is 0 Å². The fourth-order valence-corrected chi connectivity index (χ4v) is 3.77. The highest BCUT2D eigenvalue weighted by Gasteiger charge is 2.32. The van der Waals surface area contributed by atoms with Gasteiger partial charge in [-0.3, -0.25) is 4.79 Å². The van der Waals surface area contributed by atoms with Crippen LogP contribution in [0.5, 0.6) is 11.5 Å². The van der Waals surface area contributed by atoms with Gasteiger partial charge in [0.1, 0.15) is 17.1 Å². The number of ether oxygens (including phenoxy) is 2. The maximum absolute atomic E-state index is 13.0. The van der Waals surface area contributed by atoms with E-state index in [4.69, 9.17) is 9.47 Å². The molecule has 0 saturated carbocycles. The smallest absolute Gasteiger partial charge is 0.322 e. The van der Waals surface area contributed by atoms with Crippen LogP contribution in [0, 0.1) is 0 Å². The summed E-state index contributed by atoms with van der Waals surface area (Å²) < 4.78 is 11.4. The van der Waals surface area contributed by atoms with Crippen molar-refractivity contribution in [2.45, 2.75) is 32.4 Å². The Hall–Kier alpha value is -3.22. The van der Waals surface area contributed by atoms with Gasteiger partial charge in [-0.1, -0.05) is 6.07 Å². The van der Waals surface area contributed by atoms with E-state index in [-0.39, 0.29) is 11.9 Å². The molecule has 2 aromatic carbocycles. The zero-order chi connectivity index (χ0) is 20.6. The Morgan fingerprint density at radius 3 is 2.79 bits per heavy atom. The number of benzene rings is 2. The average Bonchev–Trinajstić information content (AvgIpc) is 2.82. The van der Waals surface area contributed by atoms with Crippen LogP contribution >= 0.6 is 0 Å². The van der Waals surface area contributed by atoms with Gasteiger partial charge in [0.2, 0.25) is 0 Å². The molecule has 29 heavy (non-hydrogen) atoms. The van der Waals surface area contributed by atoms with Crippen molar-refractivity contribution in [1.82, 2.24) is 10.2 Å². The molecule has 0 radical (unpaired) electrons. The molecule has 0 aliphatic carbocycles. The third-order valence-corrected chi connectivity index (χ3v) is 5.17. The first-order valence-electron chi connectivity index (χ1n) is 9.68. The number of hydrogen-bond donors (Lipinski definition) is 2. The molecule has 0 spiro atoms. The van der Waals surface area contributed by atoms with Gasteiger partial charge < -0.3 is 25.0 Å². The van der Waals surface area contributed by atoms with E-state index in [0.29, 0.717) is 36.6 Å². The standard InChI is InChI=1S/C22H25N3O4/c1-22(2)13-25(12-15-5-7-17(28-3)11-19(15)29-22)21(27)24-16-6-4-14-8-9-23-20(26)18(14)10-16/h4-7,10-11H,8-9,12-13H2,1-3H3,(H,23,26)(H,24,27). The number of fused-ring (bicyclic) bond motifs is 2. The molecule has 0 bridgehead atoms. The summed E-state index contributed by atoms with van der Waals surface area (Å²) in [5.41, 5.74) is 2.56. The lowest BCUT2D eigenvalue weighted by atomic mass is 10.00. The normalized spacial score (nSPS) is 17.2. The largest absolute Gasteiger partial charge is 0.497 e. The number of amides is 3. The number of carbonyl (C=O) groups is 2. The monoisotopic (exact) mass is 395 g/mol. The van der Waals surface area contributed by atoms with Crippen LogP contribution in [0.15, 0.2) is 36.4 Å². The number of methoxy groups -OCH3 is 1. The molecular weight excluding hydrogens is 370 g/mol. The third-order valence-electron chi connectivity index (χ3n) is 5.17. The minimum atomic E-state index is -0.565. The van der Waals surface area contributed by atoms with E-state index in [9.17, 15) is 9.59 Å². The zero-order valence-corrected chi connectivity index (χ0v) is 16.9.